The van der Waals surface area contributed by atoms with Crippen molar-refractivity contribution in [3.8, 4) is 0 Å². The van der Waals surface area contributed by atoms with Crippen LogP contribution in [0.4, 0.5) is 0 Å². The number of hydrogen-bond donors (Lipinski definition) is 2. The van der Waals surface area contributed by atoms with Crippen LogP contribution >= 0.6 is 0 Å². The van der Waals surface area contributed by atoms with E-state index in [1.54, 1.807) is 20.8 Å². The van der Waals surface area contributed by atoms with Crippen molar-refractivity contribution in [3.63, 3.8) is 0 Å². The van der Waals surface area contributed by atoms with Crippen molar-refractivity contribution in [2.75, 3.05) is 13.1 Å². The van der Waals surface area contributed by atoms with Crippen molar-refractivity contribution < 1.29 is 27.6 Å². The first-order valence-corrected chi connectivity index (χ1v) is 9.95. The van der Waals surface area contributed by atoms with E-state index in [1.807, 2.05) is 0 Å². The van der Waals surface area contributed by atoms with E-state index in [-0.39, 0.29) is 36.1 Å². The van der Waals surface area contributed by atoms with Crippen molar-refractivity contribution in [2.45, 2.75) is 57.4 Å². The number of hydrogen-bond acceptors (Lipinski definition) is 6. The van der Waals surface area contributed by atoms with Crippen LogP contribution in [0.1, 0.15) is 44.6 Å². The molecule has 1 unspecified atom stereocenters. The van der Waals surface area contributed by atoms with E-state index >= 15 is 0 Å². The molecule has 146 valence electrons. The summed E-state index contributed by atoms with van der Waals surface area (Å²) < 4.78 is 31.8. The Bertz CT molecular complexity index is 775. The average Bonchev–Trinajstić information content (AvgIpc) is 2.93. The highest BCUT2D eigenvalue weighted by atomic mass is 32.2. The summed E-state index contributed by atoms with van der Waals surface area (Å²) in [7, 11) is -3.73. The molecule has 10 heteroatoms. The maximum atomic E-state index is 12.8. The van der Waals surface area contributed by atoms with Gasteiger partial charge in [0.05, 0.1) is 0 Å². The lowest BCUT2D eigenvalue weighted by Gasteiger charge is -2.33. The van der Waals surface area contributed by atoms with E-state index in [4.69, 9.17) is 4.52 Å². The van der Waals surface area contributed by atoms with Crippen molar-refractivity contribution in [1.82, 2.24) is 14.8 Å². The van der Waals surface area contributed by atoms with Crippen molar-refractivity contribution in [1.29, 1.82) is 0 Å². The third-order valence-electron chi connectivity index (χ3n) is 4.97. The third kappa shape index (κ3) is 3.75. The van der Waals surface area contributed by atoms with Gasteiger partial charge in [0.2, 0.25) is 15.9 Å². The molecule has 2 N–H and O–H groups in total. The van der Waals surface area contributed by atoms with Gasteiger partial charge in [-0.2, -0.15) is 4.31 Å². The Morgan fingerprint density at radius 2 is 1.92 bits per heavy atom. The van der Waals surface area contributed by atoms with E-state index in [1.165, 1.54) is 11.2 Å². The predicted octanol–water partition coefficient (Wildman–Crippen LogP) is 1.06. The van der Waals surface area contributed by atoms with Gasteiger partial charge >= 0.3 is 5.97 Å². The van der Waals surface area contributed by atoms with Crippen LogP contribution in [0.3, 0.4) is 0 Å². The van der Waals surface area contributed by atoms with E-state index < -0.39 is 27.4 Å². The minimum atomic E-state index is -3.73. The second kappa shape index (κ2) is 7.36. The minimum absolute atomic E-state index is 0.0739. The molecule has 2 rings (SSSR count). The Morgan fingerprint density at radius 3 is 2.35 bits per heavy atom. The minimum Gasteiger partial charge on any atom is -0.480 e. The van der Waals surface area contributed by atoms with Crippen LogP contribution in [0.2, 0.25) is 0 Å². The molecule has 1 saturated heterocycles. The summed E-state index contributed by atoms with van der Waals surface area (Å²) in [5.41, 5.74) is -1.01. The number of aliphatic carboxylic acids is 1. The fourth-order valence-electron chi connectivity index (χ4n) is 3.00. The SMILES string of the molecule is CCC(C)(NC(=O)C1CCN(S(=O)(=O)c2c(C)noc2C)CC1)C(=O)O. The fourth-order valence-corrected chi connectivity index (χ4v) is 4.76. The summed E-state index contributed by atoms with van der Waals surface area (Å²) in [5.74, 6) is -1.63. The summed E-state index contributed by atoms with van der Waals surface area (Å²) in [5, 5.41) is 15.5. The number of rotatable bonds is 6. The Hall–Kier alpha value is -1.94. The van der Waals surface area contributed by atoms with Gasteiger partial charge in [-0.1, -0.05) is 12.1 Å². The molecule has 0 bridgehead atoms. The summed E-state index contributed by atoms with van der Waals surface area (Å²) in [6.45, 7) is 6.63. The first-order chi connectivity index (χ1) is 12.0. The number of aromatic nitrogens is 1. The van der Waals surface area contributed by atoms with E-state index in [0.29, 0.717) is 18.5 Å². The fraction of sp³-hybridized carbons (Fsp3) is 0.688. The zero-order chi connectivity index (χ0) is 19.7. The number of nitrogens with one attached hydrogen (secondary N) is 1. The van der Waals surface area contributed by atoms with E-state index in [9.17, 15) is 23.1 Å². The van der Waals surface area contributed by atoms with Crippen molar-refractivity contribution in [3.05, 3.63) is 11.5 Å². The summed E-state index contributed by atoms with van der Waals surface area (Å²) in [6, 6.07) is 0. The molecule has 0 saturated carbocycles. The van der Waals surface area contributed by atoms with E-state index in [2.05, 4.69) is 10.5 Å². The van der Waals surface area contributed by atoms with Gasteiger partial charge in [-0.3, -0.25) is 4.79 Å². The van der Waals surface area contributed by atoms with Gasteiger partial charge in [-0.15, -0.1) is 0 Å². The monoisotopic (exact) mass is 387 g/mol. The second-order valence-corrected chi connectivity index (χ2v) is 8.69. The molecule has 0 radical (unpaired) electrons. The van der Waals surface area contributed by atoms with Crippen LogP contribution < -0.4 is 5.32 Å². The Balaban J connectivity index is 2.05. The number of carboxylic acid groups (broad SMARTS) is 1. The Morgan fingerprint density at radius 1 is 1.35 bits per heavy atom. The van der Waals surface area contributed by atoms with Crippen molar-refractivity contribution in [2.24, 2.45) is 5.92 Å². The predicted molar refractivity (Wildman–Crippen MR) is 91.9 cm³/mol. The topological polar surface area (TPSA) is 130 Å². The first-order valence-electron chi connectivity index (χ1n) is 8.51. The van der Waals surface area contributed by atoms with Gasteiger partial charge in [0, 0.05) is 19.0 Å². The van der Waals surface area contributed by atoms with Crippen LogP contribution in [0.15, 0.2) is 9.42 Å². The third-order valence-corrected chi connectivity index (χ3v) is 7.11. The van der Waals surface area contributed by atoms with Crippen LogP contribution in [0, 0.1) is 19.8 Å². The lowest BCUT2D eigenvalue weighted by molar-refractivity contribution is -0.147. The number of sulfonamides is 1. The Kier molecular flexibility index (Phi) is 5.76. The maximum absolute atomic E-state index is 12.8. The van der Waals surface area contributed by atoms with Crippen LogP contribution in [0.25, 0.3) is 0 Å². The van der Waals surface area contributed by atoms with Gasteiger partial charge in [-0.05, 0) is 40.0 Å². The highest BCUT2D eigenvalue weighted by Gasteiger charge is 2.38. The Labute approximate surface area is 152 Å². The molecule has 1 atom stereocenters. The molecule has 9 nitrogen and oxygen atoms in total. The van der Waals surface area contributed by atoms with Gasteiger partial charge in [0.25, 0.3) is 0 Å². The van der Waals surface area contributed by atoms with Gasteiger partial charge < -0.3 is 14.9 Å². The van der Waals surface area contributed by atoms with Crippen molar-refractivity contribution >= 4 is 21.9 Å². The number of nitrogens with zero attached hydrogens (tertiary/aromatic N) is 2. The lowest BCUT2D eigenvalue weighted by Crippen LogP contribution is -2.54. The number of carbonyl (C=O) groups is 2. The van der Waals surface area contributed by atoms with Gasteiger partial charge in [0.1, 0.15) is 16.1 Å². The van der Waals surface area contributed by atoms with Crippen LogP contribution in [-0.4, -0.2) is 53.5 Å². The molecule has 1 aliphatic rings. The quantitative estimate of drug-likeness (QED) is 0.746. The zero-order valence-corrected chi connectivity index (χ0v) is 16.2. The van der Waals surface area contributed by atoms with E-state index in [0.717, 1.165) is 0 Å². The molecule has 0 aromatic carbocycles. The number of carbonyl (C=O) groups excluding carboxylic acids is 1. The first kappa shape index (κ1) is 20.4. The molecule has 1 aromatic rings. The molecule has 2 heterocycles. The molecule has 26 heavy (non-hydrogen) atoms. The summed E-state index contributed by atoms with van der Waals surface area (Å²) in [4.78, 5) is 23.8. The zero-order valence-electron chi connectivity index (χ0n) is 15.4. The standard InChI is InChI=1S/C16H25N3O6S/c1-5-16(4,15(21)22)17-14(20)12-6-8-19(9-7-12)26(23,24)13-10(2)18-25-11(13)3/h12H,5-9H2,1-4H3,(H,17,20)(H,21,22). The summed E-state index contributed by atoms with van der Waals surface area (Å²) in [6.07, 6.45) is 0.912. The molecule has 1 fully saturated rings. The average molecular weight is 387 g/mol. The number of amides is 1. The molecule has 1 aromatic heterocycles. The molecule has 1 amide bonds. The molecular weight excluding hydrogens is 362 g/mol. The smallest absolute Gasteiger partial charge is 0.329 e. The molecular formula is C16H25N3O6S. The molecule has 0 spiro atoms. The lowest BCUT2D eigenvalue weighted by atomic mass is 9.93. The molecule has 1 aliphatic heterocycles. The number of carboxylic acids is 1. The largest absolute Gasteiger partial charge is 0.480 e. The number of piperidine rings is 1. The van der Waals surface area contributed by atoms with Crippen LogP contribution in [0.5, 0.6) is 0 Å². The van der Waals surface area contributed by atoms with Gasteiger partial charge in [0.15, 0.2) is 5.76 Å². The second-order valence-electron chi connectivity index (χ2n) is 6.81. The highest BCUT2D eigenvalue weighted by molar-refractivity contribution is 7.89. The highest BCUT2D eigenvalue weighted by Crippen LogP contribution is 2.28. The summed E-state index contributed by atoms with van der Waals surface area (Å²) >= 11 is 0. The number of aryl methyl sites for hydroxylation is 2. The normalized spacial score (nSPS) is 19.1. The maximum Gasteiger partial charge on any atom is 0.329 e. The molecule has 0 aliphatic carbocycles. The van der Waals surface area contributed by atoms with Crippen LogP contribution in [-0.2, 0) is 19.6 Å². The van der Waals surface area contributed by atoms with Gasteiger partial charge in [-0.25, -0.2) is 13.2 Å².